The molecular weight excluding hydrogens is 917 g/mol. The summed E-state index contributed by atoms with van der Waals surface area (Å²) in [5, 5.41) is 16.8. The Morgan fingerprint density at radius 1 is 0.549 bits per heavy atom. The lowest BCUT2D eigenvalue weighted by Crippen LogP contribution is -2.61. The fraction of sp³-hybridized carbons (Fsp3) is 0.843. The summed E-state index contributed by atoms with van der Waals surface area (Å²) >= 11 is 0. The normalized spacial score (nSPS) is 24.3. The van der Waals surface area contributed by atoms with Gasteiger partial charge < -0.3 is 60.6 Å². The topological polar surface area (TPSA) is 252 Å². The van der Waals surface area contributed by atoms with Crippen molar-refractivity contribution in [2.45, 2.75) is 180 Å². The Balaban J connectivity index is 0.000000375. The molecule has 20 nitrogen and oxygen atoms in total. The number of hydrogen-bond donors (Lipinski definition) is 6. The molecule has 10 atom stereocenters. The number of likely N-dealkylation sites (tertiary alicyclic amines) is 2. The van der Waals surface area contributed by atoms with Gasteiger partial charge in [-0.1, -0.05) is 96.9 Å². The number of rotatable bonds is 15. The first-order chi connectivity index (χ1) is 32.3. The molecule has 2 aliphatic heterocycles. The number of nitrogens with zero attached hydrogens (tertiary/aromatic N) is 2. The van der Waals surface area contributed by atoms with Gasteiger partial charge in [0.15, 0.2) is 0 Å². The summed E-state index contributed by atoms with van der Waals surface area (Å²) in [6.45, 7) is 37.4. The average molecular weight is 1010 g/mol. The molecule has 2 saturated carbocycles. The minimum atomic E-state index is -0.864. The Labute approximate surface area is 423 Å². The fourth-order valence-corrected chi connectivity index (χ4v) is 9.98. The number of ether oxygens (including phenoxy) is 4. The molecule has 4 aliphatic rings. The van der Waals surface area contributed by atoms with Crippen molar-refractivity contribution in [3.8, 4) is 0 Å². The standard InChI is InChI=1S/C26H46N4O6.C25H44N4O6/c1-14(2)16(12-27-23(34)36-25(6,7)8)28-22(33)29-19(24(3,4)5)20(31)30-13-15-17(26(15,9)10)18(30)21(32)35-11;1-13(2)16(11-26-23(33)35-14(3)4)27-22(32)28-19(24(5,6)7)20(30)29-12-15-17(25(15,8)9)18(29)21(31)34-10/h14-19H,12-13H2,1-11H3,(H,27,34)(H2,28,29,33);13-19H,11-12H2,1-10H3,(H,26,33)(H2,27,28,32)/t2*15-,16?,17-,18-,19+/m00/s1. The lowest BCUT2D eigenvalue weighted by Gasteiger charge is -2.37. The van der Waals surface area contributed by atoms with E-state index in [1.165, 1.54) is 14.2 Å². The Hall–Kier alpha value is -5.04. The lowest BCUT2D eigenvalue weighted by molar-refractivity contribution is -0.154. The van der Waals surface area contributed by atoms with Gasteiger partial charge in [0, 0.05) is 38.0 Å². The predicted molar refractivity (Wildman–Crippen MR) is 267 cm³/mol. The molecule has 0 aromatic heterocycles. The zero-order chi connectivity index (χ0) is 54.7. The van der Waals surface area contributed by atoms with E-state index < -0.39 is 82.8 Å². The molecule has 4 fully saturated rings. The first-order valence-electron chi connectivity index (χ1n) is 25.1. The summed E-state index contributed by atoms with van der Waals surface area (Å²) in [5.41, 5.74) is -1.89. The second-order valence-corrected chi connectivity index (χ2v) is 25.1. The third-order valence-corrected chi connectivity index (χ3v) is 14.6. The molecule has 0 spiro atoms. The third kappa shape index (κ3) is 15.2. The van der Waals surface area contributed by atoms with Gasteiger partial charge in [0.05, 0.1) is 32.4 Å². The molecule has 0 bridgehead atoms. The van der Waals surface area contributed by atoms with Crippen LogP contribution in [-0.4, -0.2) is 146 Å². The smallest absolute Gasteiger partial charge is 0.407 e. The van der Waals surface area contributed by atoms with Crippen LogP contribution >= 0.6 is 0 Å². The summed E-state index contributed by atoms with van der Waals surface area (Å²) in [5.74, 6) is -0.875. The van der Waals surface area contributed by atoms with Gasteiger partial charge in [-0.2, -0.15) is 0 Å². The van der Waals surface area contributed by atoms with Crippen molar-refractivity contribution in [1.82, 2.24) is 41.7 Å². The lowest BCUT2D eigenvalue weighted by atomic mass is 9.85. The van der Waals surface area contributed by atoms with Crippen LogP contribution in [0.1, 0.15) is 132 Å². The quantitative estimate of drug-likeness (QED) is 0.0889. The van der Waals surface area contributed by atoms with Gasteiger partial charge in [-0.15, -0.1) is 0 Å². The molecular formula is C51H90N8O12. The van der Waals surface area contributed by atoms with E-state index in [1.54, 1.807) is 44.4 Å². The third-order valence-electron chi connectivity index (χ3n) is 14.6. The van der Waals surface area contributed by atoms with Crippen LogP contribution in [0.4, 0.5) is 19.2 Å². The molecule has 2 aliphatic carbocycles. The second-order valence-electron chi connectivity index (χ2n) is 25.1. The molecule has 6 N–H and O–H groups in total. The highest BCUT2D eigenvalue weighted by Gasteiger charge is 2.71. The first-order valence-corrected chi connectivity index (χ1v) is 25.1. The van der Waals surface area contributed by atoms with Gasteiger partial charge >= 0.3 is 36.2 Å². The zero-order valence-electron chi connectivity index (χ0n) is 46.6. The number of methoxy groups -OCH3 is 2. The van der Waals surface area contributed by atoms with Crippen molar-refractivity contribution in [3.05, 3.63) is 0 Å². The highest BCUT2D eigenvalue weighted by atomic mass is 16.6. The van der Waals surface area contributed by atoms with Gasteiger partial charge in [0.2, 0.25) is 11.8 Å². The SMILES string of the molecule is COC(=O)[C@@H]1[C@@H]2[C@H](CN1C(=O)[C@@H](NC(=O)NC(CNC(=O)OC(C)(C)C)C(C)C)C(C)(C)C)C2(C)C.COC(=O)[C@@H]1[C@@H]2[C@H](CN1C(=O)[C@@H](NC(=O)NC(CNC(=O)OC(C)C)C(C)C)C(C)(C)C)C2(C)C. The van der Waals surface area contributed by atoms with Crippen molar-refractivity contribution >= 4 is 48.0 Å². The van der Waals surface area contributed by atoms with Crippen LogP contribution in [-0.2, 0) is 38.1 Å². The maximum Gasteiger partial charge on any atom is 0.407 e. The van der Waals surface area contributed by atoms with Crippen LogP contribution in [0.25, 0.3) is 0 Å². The molecule has 8 amide bonds. The van der Waals surface area contributed by atoms with E-state index >= 15 is 0 Å². The molecule has 71 heavy (non-hydrogen) atoms. The number of fused-ring (bicyclic) bond motifs is 2. The first kappa shape index (κ1) is 60.3. The Kier molecular flexibility index (Phi) is 19.4. The molecule has 2 saturated heterocycles. The molecule has 0 aromatic rings. The van der Waals surface area contributed by atoms with Crippen molar-refractivity contribution in [1.29, 1.82) is 0 Å². The van der Waals surface area contributed by atoms with Gasteiger partial charge in [-0.25, -0.2) is 28.8 Å². The van der Waals surface area contributed by atoms with Crippen molar-refractivity contribution in [2.24, 2.45) is 57.2 Å². The summed E-state index contributed by atoms with van der Waals surface area (Å²) in [4.78, 5) is 106. The molecule has 4 rings (SSSR count). The number of amides is 8. The summed E-state index contributed by atoms with van der Waals surface area (Å²) < 4.78 is 20.4. The van der Waals surface area contributed by atoms with E-state index in [-0.39, 0.29) is 83.4 Å². The summed E-state index contributed by atoms with van der Waals surface area (Å²) in [6, 6.07) is -4.84. The Morgan fingerprint density at radius 3 is 1.17 bits per heavy atom. The molecule has 2 unspecified atom stereocenters. The molecule has 20 heteroatoms. The van der Waals surface area contributed by atoms with E-state index in [0.717, 1.165) is 0 Å². The van der Waals surface area contributed by atoms with E-state index in [4.69, 9.17) is 18.9 Å². The van der Waals surface area contributed by atoms with E-state index in [0.29, 0.717) is 13.1 Å². The summed E-state index contributed by atoms with van der Waals surface area (Å²) in [6.07, 6.45) is -1.37. The van der Waals surface area contributed by atoms with E-state index in [1.807, 2.05) is 69.2 Å². The van der Waals surface area contributed by atoms with E-state index in [2.05, 4.69) is 59.6 Å². The molecule has 0 aromatic carbocycles. The predicted octanol–water partition coefficient (Wildman–Crippen LogP) is 5.42. The average Bonchev–Trinajstić information content (AvgIpc) is 3.67. The van der Waals surface area contributed by atoms with E-state index in [9.17, 15) is 38.4 Å². The maximum atomic E-state index is 13.7. The van der Waals surface area contributed by atoms with Gasteiger partial charge in [-0.3, -0.25) is 9.59 Å². The Bertz CT molecular complexity index is 1950. The van der Waals surface area contributed by atoms with Gasteiger partial charge in [0.1, 0.15) is 29.8 Å². The number of alkyl carbamates (subject to hydrolysis) is 2. The minimum Gasteiger partial charge on any atom is -0.467 e. The van der Waals surface area contributed by atoms with Crippen LogP contribution in [0, 0.1) is 57.2 Å². The number of piperidine rings is 2. The van der Waals surface area contributed by atoms with Crippen LogP contribution < -0.4 is 31.9 Å². The van der Waals surface area contributed by atoms with Gasteiger partial charge in [0.25, 0.3) is 0 Å². The molecule has 406 valence electrons. The number of nitrogens with one attached hydrogen (secondary N) is 6. The van der Waals surface area contributed by atoms with Crippen LogP contribution in [0.3, 0.4) is 0 Å². The Morgan fingerprint density at radius 2 is 0.887 bits per heavy atom. The minimum absolute atomic E-state index is 0.00565. The van der Waals surface area contributed by atoms with Gasteiger partial charge in [-0.05, 0) is 80.0 Å². The fourth-order valence-electron chi connectivity index (χ4n) is 9.98. The highest BCUT2D eigenvalue weighted by Crippen LogP contribution is 2.66. The number of esters is 2. The van der Waals surface area contributed by atoms with Crippen LogP contribution in [0.2, 0.25) is 0 Å². The summed E-state index contributed by atoms with van der Waals surface area (Å²) in [7, 11) is 2.66. The maximum absolute atomic E-state index is 13.7. The zero-order valence-corrected chi connectivity index (χ0v) is 46.6. The van der Waals surface area contributed by atoms with Crippen molar-refractivity contribution in [3.63, 3.8) is 0 Å². The van der Waals surface area contributed by atoms with Crippen molar-refractivity contribution < 1.29 is 57.3 Å². The number of carbonyl (C=O) groups is 8. The largest absolute Gasteiger partial charge is 0.467 e. The monoisotopic (exact) mass is 1010 g/mol. The highest BCUT2D eigenvalue weighted by molar-refractivity contribution is 5.93. The number of hydrogen-bond acceptors (Lipinski definition) is 12. The molecule has 2 heterocycles. The second kappa shape index (κ2) is 22.8. The van der Waals surface area contributed by atoms with Crippen molar-refractivity contribution in [2.75, 3.05) is 40.4 Å². The number of carbonyl (C=O) groups excluding carboxylic acids is 8. The number of urea groups is 2. The van der Waals surface area contributed by atoms with Crippen LogP contribution in [0.15, 0.2) is 0 Å². The van der Waals surface area contributed by atoms with Crippen LogP contribution in [0.5, 0.6) is 0 Å². The molecule has 0 radical (unpaired) electrons.